The molecule has 1 amide bonds. The lowest BCUT2D eigenvalue weighted by atomic mass is 10.2. The van der Waals surface area contributed by atoms with Crippen LogP contribution in [0.3, 0.4) is 0 Å². The van der Waals surface area contributed by atoms with Crippen LogP contribution in [0.25, 0.3) is 0 Å². The monoisotopic (exact) mass is 382 g/mol. The number of nitrogens with one attached hydrogen (secondary N) is 1. The van der Waals surface area contributed by atoms with Crippen molar-refractivity contribution < 1.29 is 19.2 Å². The van der Waals surface area contributed by atoms with E-state index in [1.54, 1.807) is 6.07 Å². The molecule has 7 nitrogen and oxygen atoms in total. The molecular weight excluding hydrogens is 371 g/mol. The molecule has 0 fully saturated rings. The van der Waals surface area contributed by atoms with E-state index in [2.05, 4.69) is 5.32 Å². The Balaban J connectivity index is 2.11. The Kier molecular flexibility index (Phi) is 5.95. The fourth-order valence-corrected chi connectivity index (χ4v) is 2.49. The molecule has 2 rings (SSSR count). The number of benzene rings is 2. The first-order valence-electron chi connectivity index (χ1n) is 7.00. The normalized spacial score (nSPS) is 11.5. The molecule has 9 heteroatoms. The van der Waals surface area contributed by atoms with Crippen LogP contribution in [0.5, 0.6) is 0 Å². The molecule has 0 spiro atoms. The highest BCUT2D eigenvalue weighted by Gasteiger charge is 2.24. The van der Waals surface area contributed by atoms with E-state index in [1.807, 2.05) is 0 Å². The summed E-state index contributed by atoms with van der Waals surface area (Å²) in [5.74, 6) is -1.60. The van der Waals surface area contributed by atoms with Gasteiger partial charge in [-0.3, -0.25) is 14.9 Å². The molecule has 1 N–H and O–H groups in total. The first-order chi connectivity index (χ1) is 11.8. The van der Waals surface area contributed by atoms with E-state index in [1.165, 1.54) is 43.3 Å². The van der Waals surface area contributed by atoms with Crippen molar-refractivity contribution >= 4 is 46.5 Å². The number of carbonyl (C=O) groups excluding carboxylic acids is 2. The number of anilines is 1. The van der Waals surface area contributed by atoms with Crippen molar-refractivity contribution in [2.75, 3.05) is 5.32 Å². The molecule has 0 aliphatic heterocycles. The Morgan fingerprint density at radius 2 is 1.72 bits per heavy atom. The Hall–Kier alpha value is -2.64. The van der Waals surface area contributed by atoms with E-state index < -0.39 is 22.9 Å². The second-order valence-corrected chi connectivity index (χ2v) is 5.72. The number of nitro benzene ring substituents is 1. The van der Waals surface area contributed by atoms with Gasteiger partial charge in [-0.2, -0.15) is 0 Å². The van der Waals surface area contributed by atoms with Crippen LogP contribution in [-0.2, 0) is 9.53 Å². The molecular formula is C16H12Cl2N2O5. The Morgan fingerprint density at radius 1 is 1.12 bits per heavy atom. The van der Waals surface area contributed by atoms with Gasteiger partial charge in [0, 0.05) is 6.07 Å². The molecule has 0 bridgehead atoms. The number of nitrogens with zero attached hydrogens (tertiary/aromatic N) is 1. The van der Waals surface area contributed by atoms with E-state index in [0.717, 1.165) is 0 Å². The first-order valence-corrected chi connectivity index (χ1v) is 7.76. The third-order valence-corrected chi connectivity index (χ3v) is 3.81. The van der Waals surface area contributed by atoms with Gasteiger partial charge >= 0.3 is 5.97 Å². The van der Waals surface area contributed by atoms with E-state index in [9.17, 15) is 19.7 Å². The maximum atomic E-state index is 12.1. The number of carbonyl (C=O) groups is 2. The molecule has 0 aromatic heterocycles. The van der Waals surface area contributed by atoms with Gasteiger partial charge in [-0.25, -0.2) is 4.79 Å². The van der Waals surface area contributed by atoms with Gasteiger partial charge in [-0.05, 0) is 25.1 Å². The van der Waals surface area contributed by atoms with Gasteiger partial charge in [0.05, 0.1) is 20.5 Å². The molecule has 0 aliphatic carbocycles. The van der Waals surface area contributed by atoms with Gasteiger partial charge in [-0.1, -0.05) is 41.4 Å². The molecule has 0 saturated heterocycles. The topological polar surface area (TPSA) is 98.5 Å². The Bertz CT molecular complexity index is 821. The quantitative estimate of drug-likeness (QED) is 0.477. The van der Waals surface area contributed by atoms with E-state index in [-0.39, 0.29) is 27.0 Å². The largest absolute Gasteiger partial charge is 0.449 e. The van der Waals surface area contributed by atoms with E-state index in [4.69, 9.17) is 27.9 Å². The highest BCUT2D eigenvalue weighted by atomic mass is 35.5. The third kappa shape index (κ3) is 4.46. The van der Waals surface area contributed by atoms with Crippen LogP contribution >= 0.6 is 23.2 Å². The summed E-state index contributed by atoms with van der Waals surface area (Å²) in [6, 6.07) is 10.1. The summed E-state index contributed by atoms with van der Waals surface area (Å²) in [6.45, 7) is 1.33. The summed E-state index contributed by atoms with van der Waals surface area (Å²) in [7, 11) is 0. The molecule has 1 atom stereocenters. The van der Waals surface area contributed by atoms with Crippen LogP contribution in [0.1, 0.15) is 17.3 Å². The summed E-state index contributed by atoms with van der Waals surface area (Å²) in [5, 5.41) is 13.5. The molecule has 2 aromatic carbocycles. The lowest BCUT2D eigenvalue weighted by Crippen LogP contribution is -2.30. The molecule has 0 heterocycles. The Labute approximate surface area is 152 Å². The predicted octanol–water partition coefficient (Wildman–Crippen LogP) is 4.09. The predicted molar refractivity (Wildman–Crippen MR) is 93.1 cm³/mol. The number of hydrogen-bond acceptors (Lipinski definition) is 5. The number of nitro groups is 1. The van der Waals surface area contributed by atoms with Gasteiger partial charge in [-0.15, -0.1) is 0 Å². The molecule has 0 aliphatic rings. The number of amides is 1. The van der Waals surface area contributed by atoms with Crippen LogP contribution in [0.4, 0.5) is 11.4 Å². The number of ether oxygens (including phenoxy) is 1. The van der Waals surface area contributed by atoms with Crippen LogP contribution in [0.2, 0.25) is 10.0 Å². The van der Waals surface area contributed by atoms with Crippen LogP contribution in [0, 0.1) is 10.1 Å². The van der Waals surface area contributed by atoms with E-state index >= 15 is 0 Å². The van der Waals surface area contributed by atoms with Crippen molar-refractivity contribution in [3.05, 3.63) is 68.2 Å². The summed E-state index contributed by atoms with van der Waals surface area (Å²) in [5.41, 5.74) is -0.337. The molecule has 0 saturated carbocycles. The number of esters is 1. The molecule has 130 valence electrons. The van der Waals surface area contributed by atoms with Crippen molar-refractivity contribution in [3.8, 4) is 0 Å². The van der Waals surface area contributed by atoms with Gasteiger partial charge in [0.2, 0.25) is 0 Å². The van der Waals surface area contributed by atoms with E-state index in [0.29, 0.717) is 0 Å². The van der Waals surface area contributed by atoms with Crippen LogP contribution < -0.4 is 5.32 Å². The maximum absolute atomic E-state index is 12.1. The van der Waals surface area contributed by atoms with Gasteiger partial charge in [0.25, 0.3) is 11.6 Å². The zero-order chi connectivity index (χ0) is 18.6. The molecule has 25 heavy (non-hydrogen) atoms. The zero-order valence-corrected chi connectivity index (χ0v) is 14.4. The Morgan fingerprint density at radius 3 is 2.32 bits per heavy atom. The van der Waals surface area contributed by atoms with Crippen molar-refractivity contribution in [2.24, 2.45) is 0 Å². The number of hydrogen-bond donors (Lipinski definition) is 1. The molecule has 0 unspecified atom stereocenters. The number of halogens is 2. The second-order valence-electron chi connectivity index (χ2n) is 4.91. The summed E-state index contributed by atoms with van der Waals surface area (Å²) >= 11 is 11.8. The SMILES string of the molecule is C[C@@H](OC(=O)c1c(Cl)cccc1Cl)C(=O)Nc1ccccc1[N+](=O)[O-]. The van der Waals surface area contributed by atoms with Crippen LogP contribution in [0.15, 0.2) is 42.5 Å². The van der Waals surface area contributed by atoms with Crippen molar-refractivity contribution in [2.45, 2.75) is 13.0 Å². The molecule has 0 radical (unpaired) electrons. The minimum absolute atomic E-state index is 0.00354. The fourth-order valence-electron chi connectivity index (χ4n) is 1.94. The zero-order valence-electron chi connectivity index (χ0n) is 12.9. The average Bonchev–Trinajstić information content (AvgIpc) is 2.54. The minimum atomic E-state index is -1.22. The minimum Gasteiger partial charge on any atom is -0.449 e. The van der Waals surface area contributed by atoms with Gasteiger partial charge in [0.15, 0.2) is 6.10 Å². The second kappa shape index (κ2) is 7.96. The number of rotatable bonds is 5. The smallest absolute Gasteiger partial charge is 0.341 e. The van der Waals surface area contributed by atoms with Crippen molar-refractivity contribution in [1.29, 1.82) is 0 Å². The average molecular weight is 383 g/mol. The van der Waals surface area contributed by atoms with Gasteiger partial charge in [0.1, 0.15) is 5.69 Å². The van der Waals surface area contributed by atoms with Crippen LogP contribution in [-0.4, -0.2) is 22.9 Å². The lowest BCUT2D eigenvalue weighted by Gasteiger charge is -2.14. The highest BCUT2D eigenvalue weighted by Crippen LogP contribution is 2.26. The maximum Gasteiger partial charge on any atom is 0.341 e. The molecule has 2 aromatic rings. The first kappa shape index (κ1) is 18.7. The number of para-hydroxylation sites is 2. The van der Waals surface area contributed by atoms with Gasteiger partial charge < -0.3 is 10.1 Å². The summed E-state index contributed by atoms with van der Waals surface area (Å²) < 4.78 is 5.04. The fraction of sp³-hybridized carbons (Fsp3) is 0.125. The lowest BCUT2D eigenvalue weighted by molar-refractivity contribution is -0.383. The van der Waals surface area contributed by atoms with Crippen molar-refractivity contribution in [1.82, 2.24) is 0 Å². The summed E-state index contributed by atoms with van der Waals surface area (Å²) in [4.78, 5) is 34.6. The standard InChI is InChI=1S/C16H12Cl2N2O5/c1-9(25-16(22)14-10(17)5-4-6-11(14)18)15(21)19-12-7-2-3-8-13(12)20(23)24/h2-9H,1H3,(H,19,21)/t9-/m1/s1. The highest BCUT2D eigenvalue weighted by molar-refractivity contribution is 6.39. The summed E-state index contributed by atoms with van der Waals surface area (Å²) in [6.07, 6.45) is -1.22. The van der Waals surface area contributed by atoms with Crippen molar-refractivity contribution in [3.63, 3.8) is 0 Å². The third-order valence-electron chi connectivity index (χ3n) is 3.18.